The predicted octanol–water partition coefficient (Wildman–Crippen LogP) is 1.57. The fourth-order valence-corrected chi connectivity index (χ4v) is 1.06. The summed E-state index contributed by atoms with van der Waals surface area (Å²) in [6.07, 6.45) is 3.88. The van der Waals surface area contributed by atoms with Crippen molar-refractivity contribution in [3.63, 3.8) is 0 Å². The summed E-state index contributed by atoms with van der Waals surface area (Å²) in [6, 6.07) is 0. The van der Waals surface area contributed by atoms with Gasteiger partial charge in [0.2, 0.25) is 0 Å². The Kier molecular flexibility index (Phi) is 8.18. The van der Waals surface area contributed by atoms with E-state index >= 15 is 0 Å². The second-order valence-corrected chi connectivity index (χ2v) is 3.66. The number of hydrogen-bond acceptors (Lipinski definition) is 5. The largest absolute Gasteiger partial charge is 0.461 e. The summed E-state index contributed by atoms with van der Waals surface area (Å²) in [5, 5.41) is 0. The van der Waals surface area contributed by atoms with Gasteiger partial charge in [-0.3, -0.25) is 14.4 Å². The van der Waals surface area contributed by atoms with Crippen LogP contribution in [0.25, 0.3) is 0 Å². The van der Waals surface area contributed by atoms with E-state index in [0.29, 0.717) is 18.4 Å². The molecule has 0 saturated carbocycles. The number of carbonyl (C=O) groups excluding carboxylic acids is 3. The molecule has 0 N–H and O–H groups in total. The monoisotopic (exact) mass is 254 g/mol. The maximum atomic E-state index is 11.5. The quantitative estimate of drug-likeness (QED) is 0.373. The predicted molar refractivity (Wildman–Crippen MR) is 65.8 cm³/mol. The minimum atomic E-state index is -0.456. The average molecular weight is 254 g/mol. The van der Waals surface area contributed by atoms with Gasteiger partial charge < -0.3 is 9.47 Å². The van der Waals surface area contributed by atoms with Crippen molar-refractivity contribution in [1.29, 1.82) is 0 Å². The molecule has 18 heavy (non-hydrogen) atoms. The number of esters is 2. The van der Waals surface area contributed by atoms with E-state index < -0.39 is 11.9 Å². The molecule has 0 aliphatic heterocycles. The normalized spacial score (nSPS) is 9.22. The molecule has 0 aliphatic rings. The molecule has 0 heterocycles. The zero-order valence-corrected chi connectivity index (χ0v) is 10.7. The first-order chi connectivity index (χ1) is 8.45. The summed E-state index contributed by atoms with van der Waals surface area (Å²) in [6.45, 7) is 5.95. The van der Waals surface area contributed by atoms with Crippen molar-refractivity contribution in [3.05, 3.63) is 24.3 Å². The van der Waals surface area contributed by atoms with Crippen LogP contribution in [-0.2, 0) is 23.9 Å². The van der Waals surface area contributed by atoms with Crippen molar-refractivity contribution in [2.24, 2.45) is 0 Å². The Balaban J connectivity index is 4.45. The Bertz CT molecular complexity index is 334. The van der Waals surface area contributed by atoms with Crippen molar-refractivity contribution in [2.75, 3.05) is 13.2 Å². The van der Waals surface area contributed by atoms with Crippen LogP contribution >= 0.6 is 0 Å². The van der Waals surface area contributed by atoms with E-state index in [4.69, 9.17) is 9.47 Å². The van der Waals surface area contributed by atoms with Crippen LogP contribution in [-0.4, -0.2) is 30.9 Å². The number of allylic oxidation sites excluding steroid dienone is 2. The van der Waals surface area contributed by atoms with Crippen LogP contribution in [0.4, 0.5) is 0 Å². The highest BCUT2D eigenvalue weighted by atomic mass is 16.5. The van der Waals surface area contributed by atoms with Gasteiger partial charge in [-0.2, -0.15) is 0 Å². The highest BCUT2D eigenvalue weighted by Gasteiger charge is 2.06. The van der Waals surface area contributed by atoms with Gasteiger partial charge in [0, 0.05) is 25.8 Å². The first-order valence-electron chi connectivity index (χ1n) is 5.55. The first-order valence-corrected chi connectivity index (χ1v) is 5.55. The van der Waals surface area contributed by atoms with Crippen molar-refractivity contribution < 1.29 is 23.9 Å². The lowest BCUT2D eigenvalue weighted by Crippen LogP contribution is -2.12. The standard InChI is InChI=1S/C13H18O5/c1-4-5-6-13(16)7-12(8-17-10(2)14)9-18-11(3)15/h4,7H,1,5-6,8-9H2,2-3H3. The van der Waals surface area contributed by atoms with Crippen LogP contribution in [0, 0.1) is 0 Å². The molecule has 5 heteroatoms. The maximum Gasteiger partial charge on any atom is 0.302 e. The zero-order valence-electron chi connectivity index (χ0n) is 10.7. The molecule has 5 nitrogen and oxygen atoms in total. The first kappa shape index (κ1) is 16.1. The van der Waals surface area contributed by atoms with Crippen molar-refractivity contribution in [1.82, 2.24) is 0 Å². The third-order valence-corrected chi connectivity index (χ3v) is 1.88. The van der Waals surface area contributed by atoms with Crippen LogP contribution in [0.3, 0.4) is 0 Å². The molecule has 0 rings (SSSR count). The fourth-order valence-electron chi connectivity index (χ4n) is 1.06. The van der Waals surface area contributed by atoms with E-state index in [0.717, 1.165) is 0 Å². The molecule has 0 aromatic rings. The Morgan fingerprint density at radius 2 is 1.56 bits per heavy atom. The van der Waals surface area contributed by atoms with Gasteiger partial charge in [-0.15, -0.1) is 6.58 Å². The van der Waals surface area contributed by atoms with Crippen molar-refractivity contribution >= 4 is 17.7 Å². The number of carbonyl (C=O) groups is 3. The summed E-state index contributed by atoms with van der Waals surface area (Å²) in [4.78, 5) is 32.9. The van der Waals surface area contributed by atoms with Gasteiger partial charge in [-0.25, -0.2) is 0 Å². The molecule has 0 aromatic heterocycles. The molecule has 0 spiro atoms. The van der Waals surface area contributed by atoms with E-state index in [2.05, 4.69) is 6.58 Å². The lowest BCUT2D eigenvalue weighted by molar-refractivity contribution is -0.141. The number of hydrogen-bond donors (Lipinski definition) is 0. The highest BCUT2D eigenvalue weighted by Crippen LogP contribution is 2.02. The number of ether oxygens (including phenoxy) is 2. The summed E-state index contributed by atoms with van der Waals surface area (Å²) >= 11 is 0. The summed E-state index contributed by atoms with van der Waals surface area (Å²) in [7, 11) is 0. The summed E-state index contributed by atoms with van der Waals surface area (Å²) in [5.41, 5.74) is 0.453. The van der Waals surface area contributed by atoms with E-state index in [1.807, 2.05) is 0 Å². The lowest BCUT2D eigenvalue weighted by atomic mass is 10.1. The fraction of sp³-hybridized carbons (Fsp3) is 0.462. The van der Waals surface area contributed by atoms with Gasteiger partial charge in [0.1, 0.15) is 13.2 Å². The molecule has 0 bridgehead atoms. The summed E-state index contributed by atoms with van der Waals surface area (Å²) in [5.74, 6) is -1.03. The molecule has 0 atom stereocenters. The van der Waals surface area contributed by atoms with Gasteiger partial charge in [0.25, 0.3) is 0 Å². The lowest BCUT2D eigenvalue weighted by Gasteiger charge is -2.07. The van der Waals surface area contributed by atoms with Gasteiger partial charge in [-0.1, -0.05) is 6.08 Å². The van der Waals surface area contributed by atoms with E-state index in [-0.39, 0.29) is 19.0 Å². The maximum absolute atomic E-state index is 11.5. The Labute approximate surface area is 106 Å². The zero-order chi connectivity index (χ0) is 14.0. The smallest absolute Gasteiger partial charge is 0.302 e. The van der Waals surface area contributed by atoms with Crippen molar-refractivity contribution in [2.45, 2.75) is 26.7 Å². The van der Waals surface area contributed by atoms with Gasteiger partial charge in [0.15, 0.2) is 5.78 Å². The van der Waals surface area contributed by atoms with Crippen LogP contribution in [0.2, 0.25) is 0 Å². The molecule has 0 amide bonds. The SMILES string of the molecule is C=CCCC(=O)C=C(COC(C)=O)COC(C)=O. The average Bonchev–Trinajstić information content (AvgIpc) is 2.29. The Morgan fingerprint density at radius 1 is 1.06 bits per heavy atom. The molecule has 0 aliphatic carbocycles. The van der Waals surface area contributed by atoms with E-state index in [1.165, 1.54) is 19.9 Å². The number of rotatable bonds is 8. The molecule has 0 saturated heterocycles. The van der Waals surface area contributed by atoms with Crippen molar-refractivity contribution in [3.8, 4) is 0 Å². The topological polar surface area (TPSA) is 69.7 Å². The minimum absolute atomic E-state index is 0.0531. The second-order valence-electron chi connectivity index (χ2n) is 3.66. The molecule has 0 fully saturated rings. The molecule has 0 radical (unpaired) electrons. The van der Waals surface area contributed by atoms with Crippen LogP contribution in [0.15, 0.2) is 24.3 Å². The molecule has 100 valence electrons. The molecular weight excluding hydrogens is 236 g/mol. The molecule has 0 aromatic carbocycles. The van der Waals surface area contributed by atoms with Gasteiger partial charge in [-0.05, 0) is 12.5 Å². The minimum Gasteiger partial charge on any atom is -0.461 e. The Hall–Kier alpha value is -1.91. The number of ketones is 1. The third-order valence-electron chi connectivity index (χ3n) is 1.88. The Morgan fingerprint density at radius 3 is 1.94 bits per heavy atom. The van der Waals surface area contributed by atoms with Gasteiger partial charge >= 0.3 is 11.9 Å². The molecule has 0 unspecified atom stereocenters. The van der Waals surface area contributed by atoms with Crippen LogP contribution < -0.4 is 0 Å². The highest BCUT2D eigenvalue weighted by molar-refractivity contribution is 5.90. The van der Waals surface area contributed by atoms with Gasteiger partial charge in [0.05, 0.1) is 0 Å². The second kappa shape index (κ2) is 9.15. The molecular formula is C13H18O5. The third kappa shape index (κ3) is 9.33. The van der Waals surface area contributed by atoms with Crippen LogP contribution in [0.1, 0.15) is 26.7 Å². The summed E-state index contributed by atoms with van der Waals surface area (Å²) < 4.78 is 9.54. The van der Waals surface area contributed by atoms with E-state index in [9.17, 15) is 14.4 Å². The van der Waals surface area contributed by atoms with Crippen LogP contribution in [0.5, 0.6) is 0 Å². The van der Waals surface area contributed by atoms with E-state index in [1.54, 1.807) is 6.08 Å².